The molecule has 2 aromatic carbocycles. The van der Waals surface area contributed by atoms with E-state index in [2.05, 4.69) is 15.3 Å². The molecule has 238 valence electrons. The molecule has 0 bridgehead atoms. The van der Waals surface area contributed by atoms with E-state index in [0.29, 0.717) is 41.6 Å². The van der Waals surface area contributed by atoms with Gasteiger partial charge in [0.15, 0.2) is 0 Å². The van der Waals surface area contributed by atoms with Crippen LogP contribution in [0, 0.1) is 23.1 Å². The number of imidazole rings is 1. The standard InChI is InChI=1S/C35H35ClFN5O4/c1-42-19-33(41-21-42)35(44,24-5-6-24)25-14-30(34(43)40-18-27-9-2-22(16-38)17-39-27)29(31(37)15-25)10-11-32(46-28-12-13-45-20-28)23-3-7-26(36)8-4-23/h2-4,7-9,14-15,17,19,21,24,28,32,44H,5-6,10-13,18,20H2,1H3,(H,40,43)/t28-,32?,35?/m0/s1. The lowest BCUT2D eigenvalue weighted by Gasteiger charge is -2.28. The average molecular weight is 644 g/mol. The maximum atomic E-state index is 16.3. The monoisotopic (exact) mass is 643 g/mol. The highest BCUT2D eigenvalue weighted by atomic mass is 35.5. The number of amides is 1. The molecule has 9 nitrogen and oxygen atoms in total. The van der Waals surface area contributed by atoms with Crippen LogP contribution in [0.5, 0.6) is 0 Å². The van der Waals surface area contributed by atoms with E-state index in [-0.39, 0.29) is 41.7 Å². The Balaban J connectivity index is 1.33. The summed E-state index contributed by atoms with van der Waals surface area (Å²) in [6, 6.07) is 15.6. The molecule has 2 N–H and O–H groups in total. The second-order valence-corrected chi connectivity index (χ2v) is 12.4. The number of pyridine rings is 1. The fourth-order valence-corrected chi connectivity index (χ4v) is 6.12. The highest BCUT2D eigenvalue weighted by molar-refractivity contribution is 6.30. The topological polar surface area (TPSA) is 122 Å². The van der Waals surface area contributed by atoms with Gasteiger partial charge in [-0.15, -0.1) is 0 Å². The maximum absolute atomic E-state index is 16.3. The van der Waals surface area contributed by atoms with Crippen LogP contribution in [0.25, 0.3) is 0 Å². The highest BCUT2D eigenvalue weighted by Crippen LogP contribution is 2.49. The number of nitrogens with zero attached hydrogens (tertiary/aromatic N) is 4. The first-order valence-electron chi connectivity index (χ1n) is 15.4. The van der Waals surface area contributed by atoms with Gasteiger partial charge in [-0.2, -0.15) is 5.26 Å². The van der Waals surface area contributed by atoms with Crippen LogP contribution in [0.1, 0.15) is 75.8 Å². The Bertz CT molecular complexity index is 1730. The van der Waals surface area contributed by atoms with Gasteiger partial charge in [-0.25, -0.2) is 9.37 Å². The van der Waals surface area contributed by atoms with E-state index in [1.165, 1.54) is 12.3 Å². The third kappa shape index (κ3) is 6.98. The molecule has 1 saturated carbocycles. The fourth-order valence-electron chi connectivity index (χ4n) is 6.00. The third-order valence-corrected chi connectivity index (χ3v) is 8.92. The van der Waals surface area contributed by atoms with Crippen LogP contribution in [-0.2, 0) is 35.1 Å². The van der Waals surface area contributed by atoms with Crippen molar-refractivity contribution in [2.75, 3.05) is 13.2 Å². The smallest absolute Gasteiger partial charge is 0.251 e. The maximum Gasteiger partial charge on any atom is 0.251 e. The van der Waals surface area contributed by atoms with Gasteiger partial charge >= 0.3 is 0 Å². The van der Waals surface area contributed by atoms with Crippen molar-refractivity contribution >= 4 is 17.5 Å². The second kappa shape index (κ2) is 13.7. The van der Waals surface area contributed by atoms with E-state index in [1.807, 2.05) is 18.2 Å². The summed E-state index contributed by atoms with van der Waals surface area (Å²) in [5.74, 6) is -1.25. The second-order valence-electron chi connectivity index (χ2n) is 12.0. The van der Waals surface area contributed by atoms with Crippen molar-refractivity contribution in [1.29, 1.82) is 5.26 Å². The van der Waals surface area contributed by atoms with E-state index < -0.39 is 23.4 Å². The quantitative estimate of drug-likeness (QED) is 0.208. The SMILES string of the molecule is Cn1cnc(C(O)(c2cc(F)c(CCC(O[C@H]3CCOC3)c3ccc(Cl)cc3)c(C(=O)NCc3ccc(C#N)cn3)c2)C2CC2)c1. The van der Waals surface area contributed by atoms with Gasteiger partial charge in [0.25, 0.3) is 5.91 Å². The summed E-state index contributed by atoms with van der Waals surface area (Å²) in [6.45, 7) is 1.17. The predicted molar refractivity (Wildman–Crippen MR) is 168 cm³/mol. The number of hydrogen-bond acceptors (Lipinski definition) is 7. The molecule has 6 rings (SSSR count). The fraction of sp³-hybridized carbons (Fsp3) is 0.371. The van der Waals surface area contributed by atoms with Gasteiger partial charge in [0.05, 0.1) is 48.6 Å². The van der Waals surface area contributed by atoms with Gasteiger partial charge < -0.3 is 24.5 Å². The highest BCUT2D eigenvalue weighted by Gasteiger charge is 2.48. The number of hydrogen-bond donors (Lipinski definition) is 2. The number of aryl methyl sites for hydroxylation is 1. The van der Waals surface area contributed by atoms with E-state index in [4.69, 9.17) is 26.3 Å². The van der Waals surface area contributed by atoms with Gasteiger partial charge in [-0.05, 0) is 85.5 Å². The first kappa shape index (κ1) is 31.8. The van der Waals surface area contributed by atoms with E-state index in [0.717, 1.165) is 24.8 Å². The predicted octanol–water partition coefficient (Wildman–Crippen LogP) is 5.53. The van der Waals surface area contributed by atoms with Crippen molar-refractivity contribution in [2.45, 2.75) is 56.5 Å². The van der Waals surface area contributed by atoms with Crippen molar-refractivity contribution < 1.29 is 23.8 Å². The summed E-state index contributed by atoms with van der Waals surface area (Å²) in [7, 11) is 1.81. The molecule has 3 atom stereocenters. The first-order valence-corrected chi connectivity index (χ1v) is 15.8. The van der Waals surface area contributed by atoms with Crippen LogP contribution in [-0.4, -0.2) is 44.9 Å². The Morgan fingerprint density at radius 3 is 2.67 bits per heavy atom. The Morgan fingerprint density at radius 2 is 2.04 bits per heavy atom. The number of aromatic nitrogens is 3. The minimum Gasteiger partial charge on any atom is -0.379 e. The normalized spacial score (nSPS) is 18.1. The number of aliphatic hydroxyl groups is 1. The zero-order chi connectivity index (χ0) is 32.3. The minimum absolute atomic E-state index is 0.0706. The van der Waals surface area contributed by atoms with Crippen LogP contribution in [0.3, 0.4) is 0 Å². The molecule has 1 aliphatic heterocycles. The summed E-state index contributed by atoms with van der Waals surface area (Å²) in [5, 5.41) is 24.6. The van der Waals surface area contributed by atoms with Crippen molar-refractivity contribution in [3.63, 3.8) is 0 Å². The summed E-state index contributed by atoms with van der Waals surface area (Å²) in [6.07, 6.45) is 7.12. The molecular formula is C35H35ClFN5O4. The number of rotatable bonds is 12. The largest absolute Gasteiger partial charge is 0.379 e. The van der Waals surface area contributed by atoms with Crippen LogP contribution < -0.4 is 5.32 Å². The van der Waals surface area contributed by atoms with Gasteiger partial charge in [0.1, 0.15) is 17.5 Å². The summed E-state index contributed by atoms with van der Waals surface area (Å²) >= 11 is 6.15. The first-order chi connectivity index (χ1) is 22.2. The molecule has 1 aliphatic carbocycles. The van der Waals surface area contributed by atoms with E-state index in [9.17, 15) is 9.90 Å². The van der Waals surface area contributed by atoms with E-state index in [1.54, 1.807) is 54.5 Å². The summed E-state index contributed by atoms with van der Waals surface area (Å²) in [4.78, 5) is 22.5. The van der Waals surface area contributed by atoms with Gasteiger partial charge in [-0.3, -0.25) is 9.78 Å². The summed E-state index contributed by atoms with van der Waals surface area (Å²) < 4.78 is 30.0. The lowest BCUT2D eigenvalue weighted by molar-refractivity contribution is -0.0211. The molecule has 1 amide bonds. The Morgan fingerprint density at radius 1 is 1.24 bits per heavy atom. The lowest BCUT2D eigenvalue weighted by atomic mass is 9.83. The molecule has 2 aromatic heterocycles. The van der Waals surface area contributed by atoms with Crippen LogP contribution in [0.2, 0.25) is 5.02 Å². The van der Waals surface area contributed by atoms with Crippen molar-refractivity contribution in [1.82, 2.24) is 19.9 Å². The van der Waals surface area contributed by atoms with Gasteiger partial charge in [-0.1, -0.05) is 23.7 Å². The number of carbonyl (C=O) groups is 1. The molecule has 0 radical (unpaired) electrons. The van der Waals surface area contributed by atoms with Gasteiger partial charge in [0.2, 0.25) is 0 Å². The molecular weight excluding hydrogens is 609 g/mol. The van der Waals surface area contributed by atoms with Crippen molar-refractivity contribution in [3.05, 3.63) is 117 Å². The molecule has 1 saturated heterocycles. The van der Waals surface area contributed by atoms with Crippen LogP contribution in [0.15, 0.2) is 67.3 Å². The number of benzene rings is 2. The van der Waals surface area contributed by atoms with Crippen molar-refractivity contribution in [2.24, 2.45) is 13.0 Å². The number of carbonyl (C=O) groups excluding carboxylic acids is 1. The van der Waals surface area contributed by atoms with E-state index >= 15 is 4.39 Å². The number of nitrogens with one attached hydrogen (secondary N) is 1. The van der Waals surface area contributed by atoms with Crippen LogP contribution in [0.4, 0.5) is 4.39 Å². The molecule has 11 heteroatoms. The molecule has 2 aliphatic rings. The molecule has 0 spiro atoms. The van der Waals surface area contributed by atoms with Crippen LogP contribution >= 0.6 is 11.6 Å². The average Bonchev–Trinajstić information content (AvgIpc) is 3.63. The lowest BCUT2D eigenvalue weighted by Crippen LogP contribution is -2.32. The Kier molecular flexibility index (Phi) is 9.47. The molecule has 2 fully saturated rings. The zero-order valence-electron chi connectivity index (χ0n) is 25.5. The third-order valence-electron chi connectivity index (χ3n) is 8.67. The Hall–Kier alpha value is -4.14. The number of ether oxygens (including phenoxy) is 2. The molecule has 46 heavy (non-hydrogen) atoms. The number of nitriles is 1. The molecule has 2 unspecified atom stereocenters. The van der Waals surface area contributed by atoms with Gasteiger partial charge in [0, 0.05) is 42.2 Å². The molecule has 3 heterocycles. The minimum atomic E-state index is -1.55. The Labute approximate surface area is 272 Å². The van der Waals surface area contributed by atoms with Crippen molar-refractivity contribution in [3.8, 4) is 6.07 Å². The molecule has 4 aromatic rings. The zero-order valence-corrected chi connectivity index (χ0v) is 26.2. The number of halogens is 2. The summed E-state index contributed by atoms with van der Waals surface area (Å²) in [5.41, 5.74) is 1.33.